The van der Waals surface area contributed by atoms with Crippen molar-refractivity contribution in [2.45, 2.75) is 46.2 Å². The van der Waals surface area contributed by atoms with E-state index in [9.17, 15) is 4.39 Å². The standard InChI is InChI=1S/C18H16FN.C4H10/c1-18(2,19)16-10-6-5-9-15(16)17-14-8-4-3-7-13(14)11-12-20-17;1-3-4-2/h3-12H,1-2H3;3-4H2,1-2H3. The molecule has 0 saturated carbocycles. The largest absolute Gasteiger partial charge is 0.256 e. The molecule has 0 unspecified atom stereocenters. The minimum absolute atomic E-state index is 0.670. The molecule has 2 heteroatoms. The van der Waals surface area contributed by atoms with Gasteiger partial charge in [0, 0.05) is 17.1 Å². The van der Waals surface area contributed by atoms with Crippen LogP contribution in [-0.4, -0.2) is 4.98 Å². The van der Waals surface area contributed by atoms with Crippen molar-refractivity contribution in [3.05, 3.63) is 66.4 Å². The zero-order valence-corrected chi connectivity index (χ0v) is 15.0. The summed E-state index contributed by atoms with van der Waals surface area (Å²) in [7, 11) is 0. The zero-order chi connectivity index (χ0) is 17.6. The first-order chi connectivity index (χ1) is 11.5. The summed E-state index contributed by atoms with van der Waals surface area (Å²) in [5.74, 6) is 0. The van der Waals surface area contributed by atoms with E-state index in [-0.39, 0.29) is 0 Å². The number of hydrogen-bond donors (Lipinski definition) is 0. The molecule has 0 aliphatic carbocycles. The van der Waals surface area contributed by atoms with Gasteiger partial charge in [-0.05, 0) is 30.9 Å². The third kappa shape index (κ3) is 4.19. The molecule has 1 nitrogen and oxygen atoms in total. The number of halogens is 1. The van der Waals surface area contributed by atoms with Crippen molar-refractivity contribution >= 4 is 10.8 Å². The van der Waals surface area contributed by atoms with Gasteiger partial charge in [-0.1, -0.05) is 75.2 Å². The van der Waals surface area contributed by atoms with E-state index in [0.717, 1.165) is 22.0 Å². The summed E-state index contributed by atoms with van der Waals surface area (Å²) in [4.78, 5) is 4.48. The molecule has 0 fully saturated rings. The number of rotatable bonds is 3. The molecule has 0 radical (unpaired) electrons. The average Bonchev–Trinajstić information content (AvgIpc) is 2.61. The smallest absolute Gasteiger partial charge is 0.131 e. The predicted octanol–water partition coefficient (Wildman–Crippen LogP) is 6.91. The van der Waals surface area contributed by atoms with E-state index in [1.807, 2.05) is 54.6 Å². The molecule has 0 amide bonds. The maximum absolute atomic E-state index is 14.4. The average molecular weight is 323 g/mol. The fraction of sp³-hybridized carbons (Fsp3) is 0.318. The van der Waals surface area contributed by atoms with Gasteiger partial charge in [0.15, 0.2) is 0 Å². The highest BCUT2D eigenvalue weighted by Gasteiger charge is 2.23. The molecule has 0 spiro atoms. The summed E-state index contributed by atoms with van der Waals surface area (Å²) in [6, 6.07) is 17.6. The maximum Gasteiger partial charge on any atom is 0.131 e. The Morgan fingerprint density at radius 1 is 0.875 bits per heavy atom. The molecule has 3 rings (SSSR count). The van der Waals surface area contributed by atoms with Gasteiger partial charge in [0.05, 0.1) is 5.69 Å². The second-order valence-corrected chi connectivity index (χ2v) is 6.40. The highest BCUT2D eigenvalue weighted by atomic mass is 19.1. The van der Waals surface area contributed by atoms with Crippen LogP contribution in [0.25, 0.3) is 22.0 Å². The number of nitrogens with zero attached hydrogens (tertiary/aromatic N) is 1. The van der Waals surface area contributed by atoms with Crippen molar-refractivity contribution in [3.63, 3.8) is 0 Å². The SMILES string of the molecule is CC(C)(F)c1ccccc1-c1nccc2ccccc12.CCCC. The lowest BCUT2D eigenvalue weighted by atomic mass is 9.91. The highest BCUT2D eigenvalue weighted by molar-refractivity contribution is 5.95. The quantitative estimate of drug-likeness (QED) is 0.510. The summed E-state index contributed by atoms with van der Waals surface area (Å²) >= 11 is 0. The highest BCUT2D eigenvalue weighted by Crippen LogP contribution is 2.35. The third-order valence-corrected chi connectivity index (χ3v) is 4.00. The van der Waals surface area contributed by atoms with E-state index in [0.29, 0.717) is 5.56 Å². The van der Waals surface area contributed by atoms with Gasteiger partial charge in [-0.3, -0.25) is 4.98 Å². The first-order valence-corrected chi connectivity index (χ1v) is 8.61. The van der Waals surface area contributed by atoms with Gasteiger partial charge in [-0.2, -0.15) is 0 Å². The fourth-order valence-corrected chi connectivity index (χ4v) is 2.54. The first-order valence-electron chi connectivity index (χ1n) is 8.61. The molecule has 0 aliphatic rings. The number of alkyl halides is 1. The third-order valence-electron chi connectivity index (χ3n) is 4.00. The molecular formula is C22H26FN. The van der Waals surface area contributed by atoms with Crippen molar-refractivity contribution < 1.29 is 4.39 Å². The van der Waals surface area contributed by atoms with E-state index >= 15 is 0 Å². The van der Waals surface area contributed by atoms with Crippen LogP contribution in [0.2, 0.25) is 0 Å². The van der Waals surface area contributed by atoms with Crippen LogP contribution in [0.5, 0.6) is 0 Å². The summed E-state index contributed by atoms with van der Waals surface area (Å²) in [5.41, 5.74) is 0.972. The minimum atomic E-state index is -1.39. The van der Waals surface area contributed by atoms with Gasteiger partial charge in [-0.15, -0.1) is 0 Å². The summed E-state index contributed by atoms with van der Waals surface area (Å²) in [5, 5.41) is 2.16. The molecule has 24 heavy (non-hydrogen) atoms. The second-order valence-electron chi connectivity index (χ2n) is 6.40. The molecule has 1 aromatic heterocycles. The number of hydrogen-bond acceptors (Lipinski definition) is 1. The van der Waals surface area contributed by atoms with Crippen LogP contribution in [0.3, 0.4) is 0 Å². The Hall–Kier alpha value is -2.22. The van der Waals surface area contributed by atoms with Crippen molar-refractivity contribution in [2.75, 3.05) is 0 Å². The van der Waals surface area contributed by atoms with Crippen LogP contribution < -0.4 is 0 Å². The van der Waals surface area contributed by atoms with Gasteiger partial charge in [0.25, 0.3) is 0 Å². The van der Waals surface area contributed by atoms with Gasteiger partial charge in [0.2, 0.25) is 0 Å². The Balaban J connectivity index is 0.000000471. The van der Waals surface area contributed by atoms with Crippen molar-refractivity contribution in [3.8, 4) is 11.3 Å². The number of aromatic nitrogens is 1. The van der Waals surface area contributed by atoms with Gasteiger partial charge in [-0.25, -0.2) is 4.39 Å². The minimum Gasteiger partial charge on any atom is -0.256 e. The second kappa shape index (κ2) is 8.05. The molecular weight excluding hydrogens is 297 g/mol. The van der Waals surface area contributed by atoms with Crippen molar-refractivity contribution in [1.82, 2.24) is 4.98 Å². The van der Waals surface area contributed by atoms with E-state index in [1.165, 1.54) is 12.8 Å². The van der Waals surface area contributed by atoms with Gasteiger partial charge in [0.1, 0.15) is 5.67 Å². The number of unbranched alkanes of at least 4 members (excludes halogenated alkanes) is 1. The number of fused-ring (bicyclic) bond motifs is 1. The Morgan fingerprint density at radius 3 is 2.17 bits per heavy atom. The molecule has 1 heterocycles. The Labute approximate surface area is 144 Å². The molecule has 0 aliphatic heterocycles. The van der Waals surface area contributed by atoms with Gasteiger partial charge < -0.3 is 0 Å². The van der Waals surface area contributed by atoms with Crippen LogP contribution in [0, 0.1) is 0 Å². The fourth-order valence-electron chi connectivity index (χ4n) is 2.54. The van der Waals surface area contributed by atoms with Crippen LogP contribution in [0.15, 0.2) is 60.8 Å². The Bertz CT molecular complexity index is 780. The van der Waals surface area contributed by atoms with Gasteiger partial charge >= 0.3 is 0 Å². The van der Waals surface area contributed by atoms with Crippen molar-refractivity contribution in [1.29, 1.82) is 0 Å². The molecule has 126 valence electrons. The molecule has 0 bridgehead atoms. The zero-order valence-electron chi connectivity index (χ0n) is 15.0. The van der Waals surface area contributed by atoms with E-state index in [1.54, 1.807) is 20.0 Å². The van der Waals surface area contributed by atoms with E-state index in [4.69, 9.17) is 0 Å². The molecule has 3 aromatic rings. The van der Waals surface area contributed by atoms with E-state index < -0.39 is 5.67 Å². The monoisotopic (exact) mass is 323 g/mol. The lowest BCUT2D eigenvalue weighted by Crippen LogP contribution is -2.11. The lowest BCUT2D eigenvalue weighted by Gasteiger charge is -2.19. The van der Waals surface area contributed by atoms with Crippen molar-refractivity contribution in [2.24, 2.45) is 0 Å². The Kier molecular flexibility index (Phi) is 6.08. The molecule has 2 aromatic carbocycles. The van der Waals surface area contributed by atoms with Crippen LogP contribution in [0.4, 0.5) is 4.39 Å². The van der Waals surface area contributed by atoms with E-state index in [2.05, 4.69) is 18.8 Å². The molecule has 0 N–H and O–H groups in total. The number of pyridine rings is 1. The van der Waals surface area contributed by atoms with Crippen LogP contribution in [-0.2, 0) is 5.67 Å². The predicted molar refractivity (Wildman–Crippen MR) is 102 cm³/mol. The molecule has 0 saturated heterocycles. The summed E-state index contributed by atoms with van der Waals surface area (Å²) in [6.07, 6.45) is 4.42. The Morgan fingerprint density at radius 2 is 1.50 bits per heavy atom. The topological polar surface area (TPSA) is 12.9 Å². The summed E-state index contributed by atoms with van der Waals surface area (Å²) in [6.45, 7) is 7.52. The maximum atomic E-state index is 14.4. The normalized spacial score (nSPS) is 11.0. The van der Waals surface area contributed by atoms with Crippen LogP contribution >= 0.6 is 0 Å². The van der Waals surface area contributed by atoms with Crippen LogP contribution in [0.1, 0.15) is 46.1 Å². The number of benzene rings is 2. The first kappa shape index (κ1) is 18.1. The summed E-state index contributed by atoms with van der Waals surface area (Å²) < 4.78 is 14.4. The molecule has 0 atom stereocenters. The lowest BCUT2D eigenvalue weighted by molar-refractivity contribution is 0.222.